The van der Waals surface area contributed by atoms with Gasteiger partial charge in [0.25, 0.3) is 0 Å². The number of hydrogen-bond acceptors (Lipinski definition) is 5. The number of rotatable bonds is 12. The van der Waals surface area contributed by atoms with Gasteiger partial charge in [-0.25, -0.2) is 0 Å². The fourth-order valence-electron chi connectivity index (χ4n) is 11.1. The molecule has 2 unspecified atom stereocenters. The molecule has 4 aliphatic carbocycles. The van der Waals surface area contributed by atoms with Gasteiger partial charge in [-0.3, -0.25) is 4.79 Å². The first-order valence-electron chi connectivity index (χ1n) is 18.7. The third-order valence-electron chi connectivity index (χ3n) is 12.9. The van der Waals surface area contributed by atoms with Crippen LogP contribution in [0.25, 0.3) is 0 Å². The Kier molecular flexibility index (Phi) is 11.5. The zero-order valence-corrected chi connectivity index (χ0v) is 34.9. The zero-order chi connectivity index (χ0) is 33.8. The Balaban J connectivity index is 1.67. The lowest BCUT2D eigenvalue weighted by molar-refractivity contribution is -0.199. The molecule has 0 aromatic heterocycles. The number of carbonyl (C=O) groups excluding carboxylic acids is 1. The topological polar surface area (TPSA) is 54.0 Å². The lowest BCUT2D eigenvalue weighted by Crippen LogP contribution is -2.64. The van der Waals surface area contributed by atoms with Crippen LogP contribution in [0.1, 0.15) is 91.9 Å². The van der Waals surface area contributed by atoms with Gasteiger partial charge in [0.1, 0.15) is 0 Å². The first-order chi connectivity index (χ1) is 20.6. The Morgan fingerprint density at radius 2 is 1.40 bits per heavy atom. The van der Waals surface area contributed by atoms with Gasteiger partial charge >= 0.3 is 5.97 Å². The average Bonchev–Trinajstić information content (AvgIpc) is 3.25. The van der Waals surface area contributed by atoms with E-state index in [-0.39, 0.29) is 17.3 Å². The molecule has 0 aliphatic heterocycles. The molecular weight excluding hydrogens is 609 g/mol. The minimum atomic E-state index is -1.78. The summed E-state index contributed by atoms with van der Waals surface area (Å²) in [6, 6.07) is 0. The second-order valence-electron chi connectivity index (χ2n) is 19.5. The third-order valence-corrected chi connectivity index (χ3v) is 15.9. The fourth-order valence-corrected chi connectivity index (χ4v) is 14.7. The summed E-state index contributed by atoms with van der Waals surface area (Å²) in [5.74, 6) is 3.76. The van der Waals surface area contributed by atoms with Crippen LogP contribution in [-0.2, 0) is 22.8 Å². The number of fused-ring (bicyclic) bond motifs is 5. The van der Waals surface area contributed by atoms with E-state index in [0.717, 1.165) is 12.8 Å². The highest BCUT2D eigenvalue weighted by atomic mass is 28.4. The first-order valence-corrected chi connectivity index (χ1v) is 28.9. The van der Waals surface area contributed by atoms with E-state index in [1.54, 1.807) is 0 Å². The molecule has 4 aliphatic rings. The van der Waals surface area contributed by atoms with Crippen molar-refractivity contribution in [3.63, 3.8) is 0 Å². The maximum absolute atomic E-state index is 12.1. The molecule has 0 radical (unpaired) electrons. The van der Waals surface area contributed by atoms with Gasteiger partial charge in [-0.15, -0.1) is 0 Å². The summed E-state index contributed by atoms with van der Waals surface area (Å²) in [5.41, 5.74) is 0.497. The van der Waals surface area contributed by atoms with E-state index in [1.807, 2.05) is 6.92 Å². The van der Waals surface area contributed by atoms with Crippen LogP contribution in [0.5, 0.6) is 0 Å². The predicted molar refractivity (Wildman–Crippen MR) is 195 cm³/mol. The van der Waals surface area contributed by atoms with Crippen LogP contribution in [0.3, 0.4) is 0 Å². The highest BCUT2D eigenvalue weighted by molar-refractivity contribution is 6.70. The minimum absolute atomic E-state index is 0.0193. The van der Waals surface area contributed by atoms with Crippen molar-refractivity contribution in [1.29, 1.82) is 0 Å². The number of methoxy groups -OCH3 is 1. The average molecular weight is 681 g/mol. The number of hydrogen-bond donors (Lipinski definition) is 0. The maximum Gasteiger partial charge on any atom is 0.308 e. The van der Waals surface area contributed by atoms with Crippen molar-refractivity contribution in [2.45, 2.75) is 169 Å². The van der Waals surface area contributed by atoms with Crippen molar-refractivity contribution in [1.82, 2.24) is 0 Å². The SMILES string of the molecule is COC(=O)C(C)CCCC(C)[C@H]1CC[C@H]2[C@@H]3[C@H](O[Si](C)(C)C)C[C@@H]4C[C@H](O[Si](C)(C)C)CC[C@]4(C)[C@H]3C[C@H](O[Si](C)(C)C)[C@]12C. The Morgan fingerprint density at radius 1 is 0.778 bits per heavy atom. The lowest BCUT2D eigenvalue weighted by Gasteiger charge is -2.66. The van der Waals surface area contributed by atoms with E-state index in [0.29, 0.717) is 59.2 Å². The molecule has 0 bridgehead atoms. The number of carbonyl (C=O) groups is 1. The molecule has 4 rings (SSSR count). The van der Waals surface area contributed by atoms with Crippen molar-refractivity contribution in [2.24, 2.45) is 52.3 Å². The molecule has 0 amide bonds. The van der Waals surface area contributed by atoms with Crippen molar-refractivity contribution in [2.75, 3.05) is 7.11 Å². The molecule has 0 saturated heterocycles. The molecule has 4 fully saturated rings. The number of ether oxygens (including phenoxy) is 1. The Morgan fingerprint density at radius 3 is 1.98 bits per heavy atom. The van der Waals surface area contributed by atoms with E-state index in [9.17, 15) is 4.79 Å². The summed E-state index contributed by atoms with van der Waals surface area (Å²) in [6.07, 6.45) is 13.0. The predicted octanol–water partition coefficient (Wildman–Crippen LogP) is 10.1. The number of esters is 1. The van der Waals surface area contributed by atoms with Gasteiger partial charge in [-0.1, -0.05) is 40.5 Å². The van der Waals surface area contributed by atoms with E-state index in [2.05, 4.69) is 79.7 Å². The van der Waals surface area contributed by atoms with E-state index < -0.39 is 25.0 Å². The van der Waals surface area contributed by atoms with Crippen LogP contribution in [-0.4, -0.2) is 56.3 Å². The Bertz CT molecular complexity index is 1020. The standard InChI is InChI=1S/C37H72O5Si3/c1-25(16-15-17-26(2)35(38)39-5)29-18-19-30-34-31(24-33(37(29,30)4)42-45(12,13)14)36(3)21-20-28(40-43(6,7)8)22-27(36)23-32(34)41-44(9,10)11/h25-34H,15-24H2,1-14H3/t25?,26?,27-,28+,29+,30-,31-,32+,33-,34-,36-,37+/m0/s1. The summed E-state index contributed by atoms with van der Waals surface area (Å²) >= 11 is 0. The largest absolute Gasteiger partial charge is 0.469 e. The molecule has 0 aromatic rings. The lowest BCUT2D eigenvalue weighted by atomic mass is 9.43. The highest BCUT2D eigenvalue weighted by Crippen LogP contribution is 2.69. The highest BCUT2D eigenvalue weighted by Gasteiger charge is 2.67. The van der Waals surface area contributed by atoms with Crippen LogP contribution >= 0.6 is 0 Å². The van der Waals surface area contributed by atoms with E-state index in [4.69, 9.17) is 18.0 Å². The minimum Gasteiger partial charge on any atom is -0.469 e. The van der Waals surface area contributed by atoms with Crippen molar-refractivity contribution in [3.8, 4) is 0 Å². The van der Waals surface area contributed by atoms with Crippen LogP contribution < -0.4 is 0 Å². The van der Waals surface area contributed by atoms with Crippen LogP contribution in [0.15, 0.2) is 0 Å². The summed E-state index contributed by atoms with van der Waals surface area (Å²) in [6.45, 7) is 31.3. The molecule has 12 atom stereocenters. The maximum atomic E-state index is 12.1. The van der Waals surface area contributed by atoms with Crippen molar-refractivity contribution >= 4 is 30.9 Å². The summed E-state index contributed by atoms with van der Waals surface area (Å²) in [7, 11) is -3.60. The Labute approximate surface area is 281 Å². The van der Waals surface area contributed by atoms with Crippen LogP contribution in [0, 0.1) is 52.3 Å². The molecule has 4 saturated carbocycles. The molecule has 0 heterocycles. The van der Waals surface area contributed by atoms with Crippen molar-refractivity contribution in [3.05, 3.63) is 0 Å². The molecule has 45 heavy (non-hydrogen) atoms. The summed E-state index contributed by atoms with van der Waals surface area (Å²) in [4.78, 5) is 12.1. The Hall–Kier alpha value is 0.000649. The van der Waals surface area contributed by atoms with Crippen LogP contribution in [0.4, 0.5) is 0 Å². The fraction of sp³-hybridized carbons (Fsp3) is 0.973. The normalized spacial score (nSPS) is 40.2. The third kappa shape index (κ3) is 8.42. The molecule has 0 aromatic carbocycles. The smallest absolute Gasteiger partial charge is 0.308 e. The first kappa shape index (κ1) is 37.8. The molecule has 5 nitrogen and oxygen atoms in total. The molecule has 0 spiro atoms. The van der Waals surface area contributed by atoms with Gasteiger partial charge in [0.05, 0.1) is 19.1 Å². The second-order valence-corrected chi connectivity index (χ2v) is 32.8. The molecule has 0 N–H and O–H groups in total. The summed E-state index contributed by atoms with van der Waals surface area (Å²) < 4.78 is 26.5. The van der Waals surface area contributed by atoms with Crippen LogP contribution in [0.2, 0.25) is 58.9 Å². The zero-order valence-electron chi connectivity index (χ0n) is 31.9. The van der Waals surface area contributed by atoms with Gasteiger partial charge in [0.15, 0.2) is 25.0 Å². The summed E-state index contributed by atoms with van der Waals surface area (Å²) in [5, 5.41) is 0. The van der Waals surface area contributed by atoms with Gasteiger partial charge in [0, 0.05) is 12.2 Å². The molecule has 8 heteroatoms. The van der Waals surface area contributed by atoms with E-state index >= 15 is 0 Å². The monoisotopic (exact) mass is 680 g/mol. The van der Waals surface area contributed by atoms with Gasteiger partial charge < -0.3 is 18.0 Å². The molecule has 262 valence electrons. The van der Waals surface area contributed by atoms with Gasteiger partial charge in [-0.05, 0) is 157 Å². The molecular formula is C37H72O5Si3. The quantitative estimate of drug-likeness (QED) is 0.152. The second kappa shape index (κ2) is 13.7. The van der Waals surface area contributed by atoms with Gasteiger partial charge in [-0.2, -0.15) is 0 Å². The van der Waals surface area contributed by atoms with E-state index in [1.165, 1.54) is 58.5 Å². The van der Waals surface area contributed by atoms with Gasteiger partial charge in [0.2, 0.25) is 0 Å². The van der Waals surface area contributed by atoms with Crippen molar-refractivity contribution < 1.29 is 22.8 Å².